The van der Waals surface area contributed by atoms with Crippen LogP contribution in [-0.4, -0.2) is 21.1 Å². The van der Waals surface area contributed by atoms with Crippen LogP contribution in [0.25, 0.3) is 10.9 Å². The van der Waals surface area contributed by atoms with E-state index in [0.717, 1.165) is 10.9 Å². The van der Waals surface area contributed by atoms with Crippen LogP contribution >= 0.6 is 0 Å². The smallest absolute Gasteiger partial charge is 0.301 e. The maximum Gasteiger partial charge on any atom is 0.301 e. The number of rotatable bonds is 2. The van der Waals surface area contributed by atoms with Crippen LogP contribution in [0.1, 0.15) is 16.2 Å². The Balaban J connectivity index is 1.92. The van der Waals surface area contributed by atoms with Crippen molar-refractivity contribution in [1.82, 2.24) is 15.2 Å². The summed E-state index contributed by atoms with van der Waals surface area (Å²) in [4.78, 5) is 16.0. The van der Waals surface area contributed by atoms with Gasteiger partial charge in [-0.05, 0) is 13.0 Å². The average Bonchev–Trinajstić information content (AvgIpc) is 2.95. The standard InChI is InChI=1S/C12H10N4O2/c1-7-6-18-12(13-7)14-11(17)10-8-4-2-3-5-9(8)15-16-10/h2-6H,1H3,(H,15,16)(H,13,14,17). The second-order valence-electron chi connectivity index (χ2n) is 3.87. The fourth-order valence-corrected chi connectivity index (χ4v) is 1.70. The summed E-state index contributed by atoms with van der Waals surface area (Å²) >= 11 is 0. The third kappa shape index (κ3) is 1.73. The minimum atomic E-state index is -0.352. The molecule has 1 amide bonds. The van der Waals surface area contributed by atoms with Gasteiger partial charge in [0, 0.05) is 5.39 Å². The average molecular weight is 242 g/mol. The molecule has 3 aromatic rings. The summed E-state index contributed by atoms with van der Waals surface area (Å²) < 4.78 is 5.06. The zero-order valence-corrected chi connectivity index (χ0v) is 9.60. The summed E-state index contributed by atoms with van der Waals surface area (Å²) in [5.41, 5.74) is 1.84. The Morgan fingerprint density at radius 2 is 2.22 bits per heavy atom. The van der Waals surface area contributed by atoms with Crippen molar-refractivity contribution >= 4 is 22.8 Å². The molecule has 0 atom stereocenters. The molecule has 2 N–H and O–H groups in total. The minimum Gasteiger partial charge on any atom is -0.432 e. The van der Waals surface area contributed by atoms with Crippen LogP contribution in [0, 0.1) is 6.92 Å². The number of aryl methyl sites for hydroxylation is 1. The zero-order chi connectivity index (χ0) is 12.5. The predicted octanol–water partition coefficient (Wildman–Crippen LogP) is 2.11. The lowest BCUT2D eigenvalue weighted by molar-refractivity contribution is 0.102. The van der Waals surface area contributed by atoms with Crippen molar-refractivity contribution in [3.8, 4) is 0 Å². The first kappa shape index (κ1) is 10.5. The van der Waals surface area contributed by atoms with Gasteiger partial charge in [-0.25, -0.2) is 0 Å². The number of carbonyl (C=O) groups excluding carboxylic acids is 1. The lowest BCUT2D eigenvalue weighted by atomic mass is 10.2. The van der Waals surface area contributed by atoms with Gasteiger partial charge < -0.3 is 4.42 Å². The normalized spacial score (nSPS) is 10.7. The van der Waals surface area contributed by atoms with E-state index in [2.05, 4.69) is 20.5 Å². The molecule has 0 aliphatic heterocycles. The summed E-state index contributed by atoms with van der Waals surface area (Å²) in [5, 5.41) is 10.1. The number of benzene rings is 1. The van der Waals surface area contributed by atoms with Gasteiger partial charge >= 0.3 is 6.01 Å². The number of hydrogen-bond acceptors (Lipinski definition) is 4. The summed E-state index contributed by atoms with van der Waals surface area (Å²) in [6.07, 6.45) is 1.47. The topological polar surface area (TPSA) is 83.8 Å². The van der Waals surface area contributed by atoms with Crippen LogP contribution in [0.3, 0.4) is 0 Å². The van der Waals surface area contributed by atoms with E-state index in [1.807, 2.05) is 24.3 Å². The molecule has 0 radical (unpaired) electrons. The van der Waals surface area contributed by atoms with Crippen molar-refractivity contribution in [1.29, 1.82) is 0 Å². The largest absolute Gasteiger partial charge is 0.432 e. The summed E-state index contributed by atoms with van der Waals surface area (Å²) in [5.74, 6) is -0.352. The number of H-pyrrole nitrogens is 1. The first-order valence-corrected chi connectivity index (χ1v) is 5.40. The van der Waals surface area contributed by atoms with Gasteiger partial charge in [-0.2, -0.15) is 10.1 Å². The number of oxazole rings is 1. The molecule has 18 heavy (non-hydrogen) atoms. The summed E-state index contributed by atoms with van der Waals surface area (Å²) in [6, 6.07) is 7.58. The van der Waals surface area contributed by atoms with E-state index in [1.54, 1.807) is 6.92 Å². The first-order valence-electron chi connectivity index (χ1n) is 5.40. The molecule has 2 heterocycles. The van der Waals surface area contributed by atoms with Gasteiger partial charge in [-0.1, -0.05) is 18.2 Å². The number of fused-ring (bicyclic) bond motifs is 1. The summed E-state index contributed by atoms with van der Waals surface area (Å²) in [6.45, 7) is 1.78. The van der Waals surface area contributed by atoms with Gasteiger partial charge in [-0.15, -0.1) is 0 Å². The first-order chi connectivity index (χ1) is 8.74. The van der Waals surface area contributed by atoms with Gasteiger partial charge in [0.05, 0.1) is 11.2 Å². The SMILES string of the molecule is Cc1coc(NC(=O)c2n[nH]c3ccccc23)n1. The van der Waals surface area contributed by atoms with E-state index in [-0.39, 0.29) is 11.9 Å². The maximum atomic E-state index is 12.0. The quantitative estimate of drug-likeness (QED) is 0.720. The Bertz CT molecular complexity index is 714. The lowest BCUT2D eigenvalue weighted by Crippen LogP contribution is -2.13. The molecule has 6 heteroatoms. The number of anilines is 1. The molecular formula is C12H10N4O2. The van der Waals surface area contributed by atoms with Crippen molar-refractivity contribution in [3.63, 3.8) is 0 Å². The molecule has 0 bridgehead atoms. The Morgan fingerprint density at radius 3 is 3.00 bits per heavy atom. The Hall–Kier alpha value is -2.63. The Kier molecular flexibility index (Phi) is 2.33. The second kappa shape index (κ2) is 3.99. The lowest BCUT2D eigenvalue weighted by Gasteiger charge is -1.97. The van der Waals surface area contributed by atoms with E-state index in [0.29, 0.717) is 11.4 Å². The van der Waals surface area contributed by atoms with Crippen LogP contribution in [-0.2, 0) is 0 Å². The van der Waals surface area contributed by atoms with E-state index in [9.17, 15) is 4.79 Å². The highest BCUT2D eigenvalue weighted by atomic mass is 16.4. The van der Waals surface area contributed by atoms with Crippen molar-refractivity contribution < 1.29 is 9.21 Å². The molecule has 3 rings (SSSR count). The van der Waals surface area contributed by atoms with Crippen molar-refractivity contribution in [3.05, 3.63) is 41.9 Å². The summed E-state index contributed by atoms with van der Waals surface area (Å²) in [7, 11) is 0. The molecule has 0 spiro atoms. The van der Waals surface area contributed by atoms with E-state index < -0.39 is 0 Å². The van der Waals surface area contributed by atoms with Crippen LogP contribution in [0.4, 0.5) is 6.01 Å². The number of amides is 1. The van der Waals surface area contributed by atoms with Gasteiger partial charge in [0.2, 0.25) is 0 Å². The fourth-order valence-electron chi connectivity index (χ4n) is 1.70. The number of para-hydroxylation sites is 1. The van der Waals surface area contributed by atoms with Gasteiger partial charge in [0.1, 0.15) is 6.26 Å². The monoisotopic (exact) mass is 242 g/mol. The number of hydrogen-bond donors (Lipinski definition) is 2. The number of carbonyl (C=O) groups is 1. The highest BCUT2D eigenvalue weighted by Gasteiger charge is 2.15. The molecule has 0 fully saturated rings. The molecule has 0 saturated heterocycles. The number of nitrogens with zero attached hydrogens (tertiary/aromatic N) is 2. The fraction of sp³-hybridized carbons (Fsp3) is 0.0833. The van der Waals surface area contributed by atoms with Crippen LogP contribution < -0.4 is 5.32 Å². The molecule has 6 nitrogen and oxygen atoms in total. The van der Waals surface area contributed by atoms with Gasteiger partial charge in [0.15, 0.2) is 5.69 Å². The van der Waals surface area contributed by atoms with E-state index in [4.69, 9.17) is 4.42 Å². The molecule has 1 aromatic carbocycles. The second-order valence-corrected chi connectivity index (χ2v) is 3.87. The molecular weight excluding hydrogens is 232 g/mol. The third-order valence-electron chi connectivity index (χ3n) is 2.52. The molecule has 0 saturated carbocycles. The molecule has 0 unspecified atom stereocenters. The van der Waals surface area contributed by atoms with E-state index in [1.165, 1.54) is 6.26 Å². The van der Waals surface area contributed by atoms with Crippen molar-refractivity contribution in [2.75, 3.05) is 5.32 Å². The number of aromatic nitrogens is 3. The van der Waals surface area contributed by atoms with Gasteiger partial charge in [0.25, 0.3) is 5.91 Å². The van der Waals surface area contributed by atoms with E-state index >= 15 is 0 Å². The molecule has 90 valence electrons. The molecule has 0 aliphatic carbocycles. The highest BCUT2D eigenvalue weighted by Crippen LogP contribution is 2.16. The van der Waals surface area contributed by atoms with Crippen LogP contribution in [0.15, 0.2) is 34.9 Å². The number of nitrogens with one attached hydrogen (secondary N) is 2. The highest BCUT2D eigenvalue weighted by molar-refractivity contribution is 6.10. The van der Waals surface area contributed by atoms with Crippen molar-refractivity contribution in [2.45, 2.75) is 6.92 Å². The van der Waals surface area contributed by atoms with Gasteiger partial charge in [-0.3, -0.25) is 15.2 Å². The molecule has 2 aromatic heterocycles. The molecule has 0 aliphatic rings. The van der Waals surface area contributed by atoms with Crippen LogP contribution in [0.2, 0.25) is 0 Å². The predicted molar refractivity (Wildman–Crippen MR) is 65.3 cm³/mol. The zero-order valence-electron chi connectivity index (χ0n) is 9.60. The Labute approximate surface area is 102 Å². The number of aromatic amines is 1. The van der Waals surface area contributed by atoms with Crippen LogP contribution in [0.5, 0.6) is 0 Å². The Morgan fingerprint density at radius 1 is 1.39 bits per heavy atom. The minimum absolute atomic E-state index is 0.171. The third-order valence-corrected chi connectivity index (χ3v) is 2.52. The maximum absolute atomic E-state index is 12.0. The van der Waals surface area contributed by atoms with Crippen molar-refractivity contribution in [2.24, 2.45) is 0 Å².